The van der Waals surface area contributed by atoms with Gasteiger partial charge in [-0.25, -0.2) is 0 Å². The Morgan fingerprint density at radius 2 is 2.18 bits per heavy atom. The third-order valence-electron chi connectivity index (χ3n) is 2.88. The summed E-state index contributed by atoms with van der Waals surface area (Å²) in [6, 6.07) is 0. The number of rotatable bonds is 1. The van der Waals surface area contributed by atoms with Crippen molar-refractivity contribution in [1.29, 1.82) is 0 Å². The number of ketones is 1. The second-order valence-corrected chi connectivity index (χ2v) is 3.96. The molecule has 1 aliphatic rings. The first kappa shape index (κ1) is 8.51. The molecule has 0 spiro atoms. The summed E-state index contributed by atoms with van der Waals surface area (Å²) in [5.74, 6) is 0.912. The molecular weight excluding hydrogens is 136 g/mol. The minimum Gasteiger partial charge on any atom is -0.295 e. The van der Waals surface area contributed by atoms with Gasteiger partial charge >= 0.3 is 0 Å². The van der Waals surface area contributed by atoms with Gasteiger partial charge in [-0.15, -0.1) is 0 Å². The monoisotopic (exact) mass is 152 g/mol. The van der Waals surface area contributed by atoms with Crippen molar-refractivity contribution in [3.63, 3.8) is 0 Å². The molecule has 1 aliphatic carbocycles. The summed E-state index contributed by atoms with van der Waals surface area (Å²) in [6.07, 6.45) is 5.55. The minimum atomic E-state index is 0.258. The van der Waals surface area contributed by atoms with E-state index in [1.807, 2.05) is 0 Å². The van der Waals surface area contributed by atoms with Crippen molar-refractivity contribution < 1.29 is 4.79 Å². The number of allylic oxidation sites excluding steroid dienone is 2. The van der Waals surface area contributed by atoms with E-state index in [9.17, 15) is 4.79 Å². The molecule has 0 fully saturated rings. The molecule has 0 aliphatic heterocycles. The second-order valence-electron chi connectivity index (χ2n) is 3.96. The standard InChI is InChI=1S/C10H16O/c1-8(2)10(3)6-4-9(11)5-7-10/h4,6,8H,5,7H2,1-3H3/t10-/m0/s1. The first-order chi connectivity index (χ1) is 5.04. The molecule has 62 valence electrons. The van der Waals surface area contributed by atoms with Crippen LogP contribution in [0, 0.1) is 11.3 Å². The molecule has 0 unspecified atom stereocenters. The average Bonchev–Trinajstić information content (AvgIpc) is 1.95. The zero-order valence-electron chi connectivity index (χ0n) is 7.55. The van der Waals surface area contributed by atoms with Gasteiger partial charge in [-0.1, -0.05) is 26.8 Å². The molecule has 0 bridgehead atoms. The minimum absolute atomic E-state index is 0.258. The van der Waals surface area contributed by atoms with Crippen LogP contribution in [-0.2, 0) is 4.79 Å². The van der Waals surface area contributed by atoms with E-state index < -0.39 is 0 Å². The summed E-state index contributed by atoms with van der Waals surface area (Å²) < 4.78 is 0. The average molecular weight is 152 g/mol. The largest absolute Gasteiger partial charge is 0.295 e. The van der Waals surface area contributed by atoms with E-state index in [0.717, 1.165) is 12.8 Å². The van der Waals surface area contributed by atoms with Crippen LogP contribution in [0.4, 0.5) is 0 Å². The number of hydrogen-bond donors (Lipinski definition) is 0. The fourth-order valence-corrected chi connectivity index (χ4v) is 1.32. The Hall–Kier alpha value is -0.590. The van der Waals surface area contributed by atoms with Crippen molar-refractivity contribution >= 4 is 5.78 Å². The fourth-order valence-electron chi connectivity index (χ4n) is 1.32. The summed E-state index contributed by atoms with van der Waals surface area (Å²) >= 11 is 0. The van der Waals surface area contributed by atoms with Gasteiger partial charge in [0.05, 0.1) is 0 Å². The van der Waals surface area contributed by atoms with Crippen LogP contribution < -0.4 is 0 Å². The van der Waals surface area contributed by atoms with E-state index in [0.29, 0.717) is 5.92 Å². The molecule has 1 atom stereocenters. The predicted octanol–water partition coefficient (Wildman–Crippen LogP) is 2.57. The number of carbonyl (C=O) groups excluding carboxylic acids is 1. The smallest absolute Gasteiger partial charge is 0.155 e. The Balaban J connectivity index is 2.75. The van der Waals surface area contributed by atoms with E-state index >= 15 is 0 Å². The molecule has 0 heterocycles. The lowest BCUT2D eigenvalue weighted by atomic mass is 9.72. The van der Waals surface area contributed by atoms with Crippen LogP contribution in [0.1, 0.15) is 33.6 Å². The van der Waals surface area contributed by atoms with Gasteiger partial charge in [0.1, 0.15) is 0 Å². The van der Waals surface area contributed by atoms with Gasteiger partial charge in [-0.05, 0) is 23.8 Å². The van der Waals surface area contributed by atoms with E-state index in [-0.39, 0.29) is 11.2 Å². The van der Waals surface area contributed by atoms with Crippen molar-refractivity contribution in [3.8, 4) is 0 Å². The Morgan fingerprint density at radius 1 is 1.55 bits per heavy atom. The van der Waals surface area contributed by atoms with Gasteiger partial charge in [0.15, 0.2) is 5.78 Å². The van der Waals surface area contributed by atoms with Crippen LogP contribution >= 0.6 is 0 Å². The Morgan fingerprint density at radius 3 is 2.55 bits per heavy atom. The van der Waals surface area contributed by atoms with Crippen molar-refractivity contribution in [3.05, 3.63) is 12.2 Å². The SMILES string of the molecule is CC(C)[C@@]1(C)C=CC(=O)CC1. The lowest BCUT2D eigenvalue weighted by Gasteiger charge is -2.32. The summed E-state index contributed by atoms with van der Waals surface area (Å²) in [5.41, 5.74) is 0.258. The zero-order chi connectivity index (χ0) is 8.48. The highest BCUT2D eigenvalue weighted by Gasteiger charge is 2.28. The van der Waals surface area contributed by atoms with Crippen LogP contribution in [0.15, 0.2) is 12.2 Å². The van der Waals surface area contributed by atoms with Gasteiger partial charge < -0.3 is 0 Å². The number of carbonyl (C=O) groups is 1. The lowest BCUT2D eigenvalue weighted by Crippen LogP contribution is -2.25. The first-order valence-corrected chi connectivity index (χ1v) is 4.27. The maximum atomic E-state index is 10.9. The molecule has 0 aromatic carbocycles. The van der Waals surface area contributed by atoms with E-state index in [1.54, 1.807) is 6.08 Å². The third kappa shape index (κ3) is 1.70. The molecule has 0 saturated heterocycles. The van der Waals surface area contributed by atoms with Gasteiger partial charge in [-0.3, -0.25) is 4.79 Å². The van der Waals surface area contributed by atoms with E-state index in [2.05, 4.69) is 26.8 Å². The molecule has 1 nitrogen and oxygen atoms in total. The highest BCUT2D eigenvalue weighted by Crippen LogP contribution is 2.36. The quantitative estimate of drug-likeness (QED) is 0.564. The Kier molecular flexibility index (Phi) is 2.17. The van der Waals surface area contributed by atoms with Gasteiger partial charge in [0.2, 0.25) is 0 Å². The molecule has 0 aromatic rings. The van der Waals surface area contributed by atoms with Crippen molar-refractivity contribution in [2.75, 3.05) is 0 Å². The van der Waals surface area contributed by atoms with Crippen molar-refractivity contribution in [1.82, 2.24) is 0 Å². The summed E-state index contributed by atoms with van der Waals surface area (Å²) in [6.45, 7) is 6.64. The first-order valence-electron chi connectivity index (χ1n) is 4.27. The van der Waals surface area contributed by atoms with Crippen LogP contribution in [-0.4, -0.2) is 5.78 Å². The second kappa shape index (κ2) is 2.80. The lowest BCUT2D eigenvalue weighted by molar-refractivity contribution is -0.115. The van der Waals surface area contributed by atoms with Crippen LogP contribution in [0.5, 0.6) is 0 Å². The maximum Gasteiger partial charge on any atom is 0.155 e. The normalized spacial score (nSPS) is 31.5. The van der Waals surface area contributed by atoms with Crippen LogP contribution in [0.2, 0.25) is 0 Å². The van der Waals surface area contributed by atoms with E-state index in [4.69, 9.17) is 0 Å². The molecule has 0 aromatic heterocycles. The van der Waals surface area contributed by atoms with E-state index in [1.165, 1.54) is 0 Å². The van der Waals surface area contributed by atoms with Gasteiger partial charge in [0, 0.05) is 6.42 Å². The zero-order valence-corrected chi connectivity index (χ0v) is 7.55. The highest BCUT2D eigenvalue weighted by atomic mass is 16.1. The molecule has 11 heavy (non-hydrogen) atoms. The topological polar surface area (TPSA) is 17.1 Å². The maximum absolute atomic E-state index is 10.9. The molecular formula is C10H16O. The summed E-state index contributed by atoms with van der Waals surface area (Å²) in [4.78, 5) is 10.9. The molecule has 0 amide bonds. The van der Waals surface area contributed by atoms with Crippen LogP contribution in [0.25, 0.3) is 0 Å². The van der Waals surface area contributed by atoms with Gasteiger partial charge in [0.25, 0.3) is 0 Å². The molecule has 0 radical (unpaired) electrons. The molecule has 1 rings (SSSR count). The van der Waals surface area contributed by atoms with Gasteiger partial charge in [-0.2, -0.15) is 0 Å². The Labute approximate surface area is 68.5 Å². The Bertz CT molecular complexity index is 191. The fraction of sp³-hybridized carbons (Fsp3) is 0.700. The van der Waals surface area contributed by atoms with Crippen molar-refractivity contribution in [2.24, 2.45) is 11.3 Å². The molecule has 0 saturated carbocycles. The summed E-state index contributed by atoms with van der Waals surface area (Å²) in [5, 5.41) is 0. The van der Waals surface area contributed by atoms with Crippen LogP contribution in [0.3, 0.4) is 0 Å². The molecule has 0 N–H and O–H groups in total. The molecule has 1 heteroatoms. The highest BCUT2D eigenvalue weighted by molar-refractivity contribution is 5.90. The predicted molar refractivity (Wildman–Crippen MR) is 46.3 cm³/mol. The summed E-state index contributed by atoms with van der Waals surface area (Å²) in [7, 11) is 0. The van der Waals surface area contributed by atoms with Crippen molar-refractivity contribution in [2.45, 2.75) is 33.6 Å². The number of hydrogen-bond acceptors (Lipinski definition) is 1. The third-order valence-corrected chi connectivity index (χ3v) is 2.88.